The average Bonchev–Trinajstić information content (AvgIpc) is 3.59. The third kappa shape index (κ3) is 8.09. The van der Waals surface area contributed by atoms with E-state index in [0.717, 1.165) is 12.0 Å². The van der Waals surface area contributed by atoms with E-state index in [1.54, 1.807) is 19.9 Å². The van der Waals surface area contributed by atoms with E-state index in [-0.39, 0.29) is 75.3 Å². The molecule has 322 valence electrons. The first-order chi connectivity index (χ1) is 27.4. The predicted octanol–water partition coefficient (Wildman–Crippen LogP) is 4.28. The molecular weight excluding hydrogens is 746 g/mol. The molecular formula is C45H66FN3O9. The zero-order valence-corrected chi connectivity index (χ0v) is 35.2. The molecule has 0 radical (unpaired) electrons. The third-order valence-corrected chi connectivity index (χ3v) is 14.5. The summed E-state index contributed by atoms with van der Waals surface area (Å²) in [6.45, 7) is 13.1. The van der Waals surface area contributed by atoms with Gasteiger partial charge in [-0.25, -0.2) is 4.39 Å². The van der Waals surface area contributed by atoms with Crippen LogP contribution in [0.5, 0.6) is 0 Å². The molecule has 1 aromatic rings. The highest BCUT2D eigenvalue weighted by atomic mass is 19.1. The summed E-state index contributed by atoms with van der Waals surface area (Å²) in [6.07, 6.45) is 6.18. The number of halogens is 1. The smallest absolute Gasteiger partial charge is 0.252 e. The van der Waals surface area contributed by atoms with Crippen LogP contribution in [0.4, 0.5) is 4.39 Å². The van der Waals surface area contributed by atoms with Crippen molar-refractivity contribution in [2.75, 3.05) is 46.1 Å². The Morgan fingerprint density at radius 1 is 1.07 bits per heavy atom. The summed E-state index contributed by atoms with van der Waals surface area (Å²) in [5, 5.41) is 41.5. The topological polar surface area (TPSA) is 167 Å². The fourth-order valence-corrected chi connectivity index (χ4v) is 11.6. The van der Waals surface area contributed by atoms with Gasteiger partial charge in [-0.2, -0.15) is 5.06 Å². The third-order valence-electron chi connectivity index (χ3n) is 14.5. The molecule has 13 heteroatoms. The summed E-state index contributed by atoms with van der Waals surface area (Å²) in [6, 6.07) is 8.33. The van der Waals surface area contributed by atoms with Gasteiger partial charge in [0.05, 0.1) is 37.6 Å². The van der Waals surface area contributed by atoms with Gasteiger partial charge in [-0.1, -0.05) is 69.2 Å². The Bertz CT molecular complexity index is 1720. The first-order valence-corrected chi connectivity index (χ1v) is 21.3. The number of hydrogen-bond donors (Lipinski definition) is 5. The van der Waals surface area contributed by atoms with E-state index < -0.39 is 45.9 Å². The molecule has 58 heavy (non-hydrogen) atoms. The summed E-state index contributed by atoms with van der Waals surface area (Å²) < 4.78 is 28.6. The van der Waals surface area contributed by atoms with Gasteiger partial charge >= 0.3 is 0 Å². The van der Waals surface area contributed by atoms with Crippen molar-refractivity contribution in [3.05, 3.63) is 59.2 Å². The Kier molecular flexibility index (Phi) is 13.4. The second kappa shape index (κ2) is 17.5. The summed E-state index contributed by atoms with van der Waals surface area (Å²) >= 11 is 0. The van der Waals surface area contributed by atoms with Gasteiger partial charge in [0.15, 0.2) is 17.1 Å². The van der Waals surface area contributed by atoms with Gasteiger partial charge in [0.25, 0.3) is 5.91 Å². The molecule has 4 aliphatic carbocycles. The molecule has 10 atom stereocenters. The normalized spacial score (nSPS) is 37.0. The van der Waals surface area contributed by atoms with Gasteiger partial charge in [0, 0.05) is 43.0 Å². The van der Waals surface area contributed by atoms with Crippen molar-refractivity contribution >= 4 is 17.6 Å². The molecule has 1 heterocycles. The van der Waals surface area contributed by atoms with Crippen molar-refractivity contribution in [3.8, 4) is 0 Å². The summed E-state index contributed by atoms with van der Waals surface area (Å²) in [5.74, 6) is -2.06. The van der Waals surface area contributed by atoms with Crippen molar-refractivity contribution in [1.29, 1.82) is 0 Å². The number of fused-ring (bicyclic) bond motifs is 5. The minimum Gasteiger partial charge on any atom is -0.396 e. The van der Waals surface area contributed by atoms with Crippen molar-refractivity contribution in [2.45, 2.75) is 122 Å². The van der Waals surface area contributed by atoms with Crippen LogP contribution in [0, 0.1) is 41.4 Å². The Balaban J connectivity index is 0.923. The highest BCUT2D eigenvalue weighted by Crippen LogP contribution is 2.70. The zero-order valence-electron chi connectivity index (χ0n) is 35.2. The maximum absolute atomic E-state index is 17.4. The lowest BCUT2D eigenvalue weighted by molar-refractivity contribution is -0.219. The Labute approximate surface area is 342 Å². The molecule has 12 nitrogen and oxygen atoms in total. The van der Waals surface area contributed by atoms with Gasteiger partial charge < -0.3 is 35.4 Å². The highest BCUT2D eigenvalue weighted by molar-refractivity contribution is 6.01. The van der Waals surface area contributed by atoms with Crippen LogP contribution in [-0.2, 0) is 35.2 Å². The van der Waals surface area contributed by atoms with Crippen molar-refractivity contribution < 1.29 is 48.4 Å². The summed E-state index contributed by atoms with van der Waals surface area (Å²) in [5.41, 5.74) is -3.44. The summed E-state index contributed by atoms with van der Waals surface area (Å²) in [4.78, 5) is 45.0. The maximum Gasteiger partial charge on any atom is 0.252 e. The second-order valence-electron chi connectivity index (χ2n) is 18.6. The molecule has 0 unspecified atom stereocenters. The number of ether oxygens (including phenoxy) is 2. The van der Waals surface area contributed by atoms with Gasteiger partial charge in [-0.05, 0) is 94.3 Å². The van der Waals surface area contributed by atoms with Gasteiger partial charge in [0.2, 0.25) is 5.91 Å². The van der Waals surface area contributed by atoms with Gasteiger partial charge in [-0.15, -0.1) is 0 Å². The number of nitrogens with zero attached hydrogens (tertiary/aromatic N) is 1. The van der Waals surface area contributed by atoms with Crippen LogP contribution in [0.15, 0.2) is 48.1 Å². The first kappa shape index (κ1) is 44.5. The highest BCUT2D eigenvalue weighted by Gasteiger charge is 2.75. The number of aliphatic hydroxyl groups excluding tert-OH is 2. The number of allylic oxidation sites excluding steroid dienone is 4. The second-order valence-corrected chi connectivity index (χ2v) is 18.6. The van der Waals surface area contributed by atoms with E-state index in [9.17, 15) is 29.7 Å². The molecule has 0 bridgehead atoms. The molecule has 1 aliphatic heterocycles. The van der Waals surface area contributed by atoms with E-state index >= 15 is 4.39 Å². The number of ketones is 1. The Hall–Kier alpha value is -3.04. The van der Waals surface area contributed by atoms with Crippen LogP contribution in [0.25, 0.3) is 0 Å². The number of hydroxylamine groups is 2. The van der Waals surface area contributed by atoms with Crippen LogP contribution >= 0.6 is 0 Å². The number of amides is 2. The van der Waals surface area contributed by atoms with Gasteiger partial charge in [-0.3, -0.25) is 19.2 Å². The standard InChI is InChI=1S/C45H66FN3O9/c1-29(2)23-43(15-17-50)24-35(58-49(43)27-32-9-7-30(3)8-10-32)26-48-39(53)28-57-20-19-56-18-16-47-40(54)45(55)31(4)21-37-36-12-11-33-22-34(51)13-14-41(33,5)44(36,46)38(52)25-42(37,45)6/h7-10,13-14,22,29,31,35-38,50,52,55H,11-12,15-21,23-28H2,1-6H3,(H,47,54)(H,48,53)/t31-,35-,36+,37+,38+,41+,42+,43-,44+,45+/m1/s1. The van der Waals surface area contributed by atoms with Crippen LogP contribution < -0.4 is 10.6 Å². The molecule has 0 aromatic heterocycles. The minimum absolute atomic E-state index is 0.0413. The summed E-state index contributed by atoms with van der Waals surface area (Å²) in [7, 11) is 0. The molecule has 5 N–H and O–H groups in total. The van der Waals surface area contributed by atoms with Crippen molar-refractivity contribution in [1.82, 2.24) is 15.7 Å². The van der Waals surface area contributed by atoms with E-state index in [4.69, 9.17) is 14.3 Å². The van der Waals surface area contributed by atoms with E-state index in [2.05, 4.69) is 55.7 Å². The van der Waals surface area contributed by atoms with E-state index in [1.165, 1.54) is 17.7 Å². The lowest BCUT2D eigenvalue weighted by atomic mass is 9.44. The van der Waals surface area contributed by atoms with Crippen molar-refractivity contribution in [3.63, 3.8) is 0 Å². The van der Waals surface area contributed by atoms with Crippen LogP contribution in [0.2, 0.25) is 0 Å². The molecule has 2 amide bonds. The minimum atomic E-state index is -2.04. The lowest BCUT2D eigenvalue weighted by Crippen LogP contribution is -2.70. The molecule has 6 rings (SSSR count). The monoisotopic (exact) mass is 811 g/mol. The molecule has 5 aliphatic rings. The van der Waals surface area contributed by atoms with Crippen LogP contribution in [0.1, 0.15) is 90.7 Å². The largest absolute Gasteiger partial charge is 0.396 e. The number of alkyl halides is 1. The Morgan fingerprint density at radius 2 is 1.79 bits per heavy atom. The van der Waals surface area contributed by atoms with E-state index in [0.29, 0.717) is 56.7 Å². The molecule has 4 fully saturated rings. The van der Waals surface area contributed by atoms with Crippen LogP contribution in [0.3, 0.4) is 0 Å². The number of hydrogen-bond acceptors (Lipinski definition) is 10. The number of carbonyl (C=O) groups is 3. The zero-order chi connectivity index (χ0) is 42.1. The van der Waals surface area contributed by atoms with Crippen LogP contribution in [-0.4, -0.2) is 113 Å². The number of carbonyl (C=O) groups excluding carboxylic acids is 3. The number of benzene rings is 1. The lowest BCUT2D eigenvalue weighted by Gasteiger charge is -2.62. The fraction of sp³-hybridized carbons (Fsp3) is 0.711. The van der Waals surface area contributed by atoms with Gasteiger partial charge in [0.1, 0.15) is 6.61 Å². The number of aryl methyl sites for hydroxylation is 1. The molecule has 0 spiro atoms. The number of rotatable bonds is 17. The Morgan fingerprint density at radius 3 is 2.50 bits per heavy atom. The predicted molar refractivity (Wildman–Crippen MR) is 216 cm³/mol. The molecule has 3 saturated carbocycles. The average molecular weight is 812 g/mol. The molecule has 1 aromatic carbocycles. The number of nitrogens with one attached hydrogen (secondary N) is 2. The quantitative estimate of drug-likeness (QED) is 0.143. The SMILES string of the molecule is Cc1ccc(CN2O[C@@H](CNC(=O)COCCOCCNC(=O)[C@@]3(O)[C@H](C)C[C@H]4[C@@H]5CCC6=CC(=O)C=C[C@]6(C)[C@@]5(F)[C@@H](O)C[C@@]43C)C[C@@]2(CCO)CC(C)C)cc1. The maximum atomic E-state index is 17.4. The number of aliphatic hydroxyl groups is 3. The fourth-order valence-electron chi connectivity index (χ4n) is 11.6. The van der Waals surface area contributed by atoms with E-state index in [1.807, 2.05) is 12.0 Å². The first-order valence-electron chi connectivity index (χ1n) is 21.3. The molecule has 1 saturated heterocycles. The van der Waals surface area contributed by atoms with Crippen molar-refractivity contribution in [2.24, 2.45) is 34.5 Å².